The van der Waals surface area contributed by atoms with Crippen molar-refractivity contribution in [3.63, 3.8) is 0 Å². The molecular weight excluding hydrogens is 248 g/mol. The number of hydrogen-bond donors (Lipinski definition) is 0. The molecule has 6 heteroatoms. The molecule has 0 N–H and O–H groups in total. The quantitative estimate of drug-likeness (QED) is 0.739. The van der Waals surface area contributed by atoms with Crippen LogP contribution in [-0.2, 0) is 9.53 Å². The van der Waals surface area contributed by atoms with Crippen LogP contribution in [0.2, 0.25) is 5.15 Å². The summed E-state index contributed by atoms with van der Waals surface area (Å²) in [6.07, 6.45) is 0.941. The fourth-order valence-electron chi connectivity index (χ4n) is 1.27. The zero-order valence-electron chi connectivity index (χ0n) is 9.40. The highest BCUT2D eigenvalue weighted by Gasteiger charge is 2.14. The van der Waals surface area contributed by atoms with E-state index in [1.165, 1.54) is 11.3 Å². The van der Waals surface area contributed by atoms with E-state index in [1.807, 2.05) is 11.8 Å². The number of ether oxygens (including phenoxy) is 1. The summed E-state index contributed by atoms with van der Waals surface area (Å²) in [5, 5.41) is 2.98. The Kier molecular flexibility index (Phi) is 5.55. The molecule has 0 unspecified atom stereocenters. The third-order valence-corrected chi connectivity index (χ3v) is 3.08. The van der Waals surface area contributed by atoms with Crippen LogP contribution in [0, 0.1) is 0 Å². The SMILES string of the molecule is CCCN(CC(=O)OCC)c1nc(Cl)cs1. The Labute approximate surface area is 104 Å². The number of anilines is 1. The lowest BCUT2D eigenvalue weighted by atomic mass is 10.4. The number of nitrogens with zero attached hydrogens (tertiary/aromatic N) is 2. The van der Waals surface area contributed by atoms with Crippen molar-refractivity contribution < 1.29 is 9.53 Å². The molecule has 0 amide bonds. The molecule has 16 heavy (non-hydrogen) atoms. The first-order valence-corrected chi connectivity index (χ1v) is 6.44. The van der Waals surface area contributed by atoms with Gasteiger partial charge in [-0.05, 0) is 13.3 Å². The molecule has 1 aromatic rings. The first-order chi connectivity index (χ1) is 7.67. The van der Waals surface area contributed by atoms with E-state index in [9.17, 15) is 4.79 Å². The van der Waals surface area contributed by atoms with Gasteiger partial charge in [-0.1, -0.05) is 18.5 Å². The standard InChI is InChI=1S/C10H15ClN2O2S/c1-3-5-13(6-9(14)15-4-2)10-12-8(11)7-16-10/h7H,3-6H2,1-2H3. The Morgan fingerprint density at radius 1 is 1.62 bits per heavy atom. The van der Waals surface area contributed by atoms with Crippen molar-refractivity contribution in [2.45, 2.75) is 20.3 Å². The number of carbonyl (C=O) groups is 1. The number of carbonyl (C=O) groups excluding carboxylic acids is 1. The first-order valence-electron chi connectivity index (χ1n) is 5.19. The molecule has 0 saturated carbocycles. The van der Waals surface area contributed by atoms with Crippen LogP contribution in [0.1, 0.15) is 20.3 Å². The second-order valence-corrected chi connectivity index (χ2v) is 4.40. The van der Waals surface area contributed by atoms with E-state index in [1.54, 1.807) is 12.3 Å². The Balaban J connectivity index is 2.64. The molecule has 1 rings (SSSR count). The average molecular weight is 263 g/mol. The topological polar surface area (TPSA) is 42.4 Å². The summed E-state index contributed by atoms with van der Waals surface area (Å²) >= 11 is 7.19. The van der Waals surface area contributed by atoms with Crippen LogP contribution in [-0.4, -0.2) is 30.6 Å². The maximum absolute atomic E-state index is 11.4. The molecule has 0 aliphatic heterocycles. The minimum atomic E-state index is -0.234. The number of hydrogen-bond acceptors (Lipinski definition) is 5. The number of esters is 1. The molecule has 0 aromatic carbocycles. The lowest BCUT2D eigenvalue weighted by Crippen LogP contribution is -2.31. The maximum Gasteiger partial charge on any atom is 0.325 e. The van der Waals surface area contributed by atoms with E-state index in [0.29, 0.717) is 11.8 Å². The lowest BCUT2D eigenvalue weighted by molar-refractivity contribution is -0.141. The van der Waals surface area contributed by atoms with Crippen LogP contribution in [0.5, 0.6) is 0 Å². The molecule has 0 saturated heterocycles. The molecule has 0 bridgehead atoms. The maximum atomic E-state index is 11.4. The Morgan fingerprint density at radius 2 is 2.38 bits per heavy atom. The highest BCUT2D eigenvalue weighted by Crippen LogP contribution is 2.23. The summed E-state index contributed by atoms with van der Waals surface area (Å²) in [7, 11) is 0. The van der Waals surface area contributed by atoms with Gasteiger partial charge in [-0.25, -0.2) is 4.98 Å². The van der Waals surface area contributed by atoms with E-state index in [4.69, 9.17) is 16.3 Å². The van der Waals surface area contributed by atoms with Crippen molar-refractivity contribution in [1.29, 1.82) is 0 Å². The van der Waals surface area contributed by atoms with Gasteiger partial charge in [0.15, 0.2) is 5.13 Å². The summed E-state index contributed by atoms with van der Waals surface area (Å²) in [6, 6.07) is 0. The molecular formula is C10H15ClN2O2S. The van der Waals surface area contributed by atoms with Crippen LogP contribution in [0.3, 0.4) is 0 Å². The number of halogens is 1. The predicted octanol–water partition coefficient (Wildman–Crippen LogP) is 2.58. The van der Waals surface area contributed by atoms with Crippen molar-refractivity contribution >= 4 is 34.0 Å². The zero-order valence-corrected chi connectivity index (χ0v) is 11.0. The van der Waals surface area contributed by atoms with Crippen molar-refractivity contribution in [2.75, 3.05) is 24.6 Å². The summed E-state index contributed by atoms with van der Waals surface area (Å²) in [4.78, 5) is 17.4. The molecule has 4 nitrogen and oxygen atoms in total. The molecule has 0 aliphatic carbocycles. The smallest absolute Gasteiger partial charge is 0.325 e. The lowest BCUT2D eigenvalue weighted by Gasteiger charge is -2.19. The highest BCUT2D eigenvalue weighted by molar-refractivity contribution is 7.14. The second-order valence-electron chi connectivity index (χ2n) is 3.18. The van der Waals surface area contributed by atoms with Gasteiger partial charge >= 0.3 is 5.97 Å². The van der Waals surface area contributed by atoms with Gasteiger partial charge in [0, 0.05) is 11.9 Å². The number of thiazole rings is 1. The largest absolute Gasteiger partial charge is 0.465 e. The van der Waals surface area contributed by atoms with Crippen LogP contribution in [0.15, 0.2) is 5.38 Å². The molecule has 0 spiro atoms. The van der Waals surface area contributed by atoms with Crippen molar-refractivity contribution in [3.05, 3.63) is 10.5 Å². The van der Waals surface area contributed by atoms with Crippen LogP contribution < -0.4 is 4.90 Å². The van der Waals surface area contributed by atoms with Gasteiger partial charge in [-0.3, -0.25) is 4.79 Å². The molecule has 0 radical (unpaired) electrons. The van der Waals surface area contributed by atoms with Crippen molar-refractivity contribution in [3.8, 4) is 0 Å². The summed E-state index contributed by atoms with van der Waals surface area (Å²) in [5.74, 6) is -0.234. The third kappa shape index (κ3) is 3.98. The van der Waals surface area contributed by atoms with Gasteiger partial charge in [0.05, 0.1) is 6.61 Å². The van der Waals surface area contributed by atoms with E-state index >= 15 is 0 Å². The summed E-state index contributed by atoms with van der Waals surface area (Å²) in [6.45, 7) is 5.24. The van der Waals surface area contributed by atoms with Crippen LogP contribution in [0.25, 0.3) is 0 Å². The second kappa shape index (κ2) is 6.70. The van der Waals surface area contributed by atoms with Gasteiger partial charge in [-0.2, -0.15) is 0 Å². The highest BCUT2D eigenvalue weighted by atomic mass is 35.5. The molecule has 90 valence electrons. The number of aromatic nitrogens is 1. The van der Waals surface area contributed by atoms with E-state index < -0.39 is 0 Å². The molecule has 0 fully saturated rings. The Hall–Kier alpha value is -0.810. The fraction of sp³-hybridized carbons (Fsp3) is 0.600. The minimum Gasteiger partial charge on any atom is -0.465 e. The van der Waals surface area contributed by atoms with Gasteiger partial charge in [-0.15, -0.1) is 11.3 Å². The predicted molar refractivity (Wildman–Crippen MR) is 66.3 cm³/mol. The monoisotopic (exact) mass is 262 g/mol. The first kappa shape index (κ1) is 13.3. The van der Waals surface area contributed by atoms with Gasteiger partial charge in [0.1, 0.15) is 11.7 Å². The fourth-order valence-corrected chi connectivity index (χ4v) is 2.24. The molecule has 0 aliphatic rings. The third-order valence-electron chi connectivity index (χ3n) is 1.85. The van der Waals surface area contributed by atoms with Gasteiger partial charge in [0.2, 0.25) is 0 Å². The average Bonchev–Trinajstić information content (AvgIpc) is 2.64. The zero-order chi connectivity index (χ0) is 12.0. The normalized spacial score (nSPS) is 10.2. The Morgan fingerprint density at radius 3 is 2.88 bits per heavy atom. The van der Waals surface area contributed by atoms with E-state index in [-0.39, 0.29) is 12.5 Å². The molecule has 1 aromatic heterocycles. The minimum absolute atomic E-state index is 0.228. The van der Waals surface area contributed by atoms with Crippen LogP contribution >= 0.6 is 22.9 Å². The van der Waals surface area contributed by atoms with Gasteiger partial charge < -0.3 is 9.64 Å². The summed E-state index contributed by atoms with van der Waals surface area (Å²) in [5.41, 5.74) is 0. The van der Waals surface area contributed by atoms with Crippen molar-refractivity contribution in [1.82, 2.24) is 4.98 Å². The number of rotatable bonds is 6. The molecule has 0 atom stereocenters. The summed E-state index contributed by atoms with van der Waals surface area (Å²) < 4.78 is 4.91. The van der Waals surface area contributed by atoms with E-state index in [0.717, 1.165) is 18.1 Å². The van der Waals surface area contributed by atoms with Gasteiger partial charge in [0.25, 0.3) is 0 Å². The Bertz CT molecular complexity index is 343. The van der Waals surface area contributed by atoms with Crippen molar-refractivity contribution in [2.24, 2.45) is 0 Å². The van der Waals surface area contributed by atoms with E-state index in [2.05, 4.69) is 4.98 Å². The van der Waals surface area contributed by atoms with Crippen LogP contribution in [0.4, 0.5) is 5.13 Å². The molecule has 1 heterocycles.